The first-order chi connectivity index (χ1) is 8.18. The largest absolute Gasteiger partial charge is 0.398 e. The predicted octanol–water partition coefficient (Wildman–Crippen LogP) is 2.97. The van der Waals surface area contributed by atoms with Gasteiger partial charge in [-0.3, -0.25) is 0 Å². The molecular weight excluding hydrogens is 222 g/mol. The van der Waals surface area contributed by atoms with Crippen LogP contribution in [-0.2, 0) is 12.8 Å². The molecule has 0 unspecified atom stereocenters. The SMILES string of the molecule is Nc1c2c(nc3c(F)c(F)ccc13)CCCC2. The predicted molar refractivity (Wildman–Crippen MR) is 62.7 cm³/mol. The van der Waals surface area contributed by atoms with Gasteiger partial charge in [0.25, 0.3) is 0 Å². The molecule has 0 saturated carbocycles. The number of aromatic nitrogens is 1. The van der Waals surface area contributed by atoms with Gasteiger partial charge in [0.15, 0.2) is 11.6 Å². The average Bonchev–Trinajstić information content (AvgIpc) is 2.35. The van der Waals surface area contributed by atoms with Gasteiger partial charge in [-0.25, -0.2) is 13.8 Å². The molecule has 1 aromatic carbocycles. The van der Waals surface area contributed by atoms with Crippen LogP contribution in [0.3, 0.4) is 0 Å². The van der Waals surface area contributed by atoms with Crippen molar-refractivity contribution in [1.29, 1.82) is 0 Å². The van der Waals surface area contributed by atoms with Gasteiger partial charge in [-0.1, -0.05) is 0 Å². The number of pyridine rings is 1. The summed E-state index contributed by atoms with van der Waals surface area (Å²) in [6, 6.07) is 2.61. The molecule has 0 spiro atoms. The lowest BCUT2D eigenvalue weighted by Gasteiger charge is -2.18. The zero-order valence-electron chi connectivity index (χ0n) is 9.26. The maximum Gasteiger partial charge on any atom is 0.185 e. The van der Waals surface area contributed by atoms with Crippen LogP contribution in [-0.4, -0.2) is 4.98 Å². The number of fused-ring (bicyclic) bond motifs is 2. The van der Waals surface area contributed by atoms with Crippen molar-refractivity contribution in [3.63, 3.8) is 0 Å². The van der Waals surface area contributed by atoms with E-state index in [4.69, 9.17) is 5.73 Å². The molecule has 17 heavy (non-hydrogen) atoms. The fourth-order valence-corrected chi connectivity index (χ4v) is 2.47. The zero-order valence-corrected chi connectivity index (χ0v) is 9.26. The molecule has 0 aliphatic heterocycles. The van der Waals surface area contributed by atoms with Gasteiger partial charge in [0.1, 0.15) is 5.52 Å². The van der Waals surface area contributed by atoms with Gasteiger partial charge in [-0.2, -0.15) is 0 Å². The van der Waals surface area contributed by atoms with Crippen molar-refractivity contribution in [2.45, 2.75) is 25.7 Å². The topological polar surface area (TPSA) is 38.9 Å². The van der Waals surface area contributed by atoms with Crippen LogP contribution in [0, 0.1) is 11.6 Å². The summed E-state index contributed by atoms with van der Waals surface area (Å²) in [5.74, 6) is -1.78. The lowest BCUT2D eigenvalue weighted by atomic mass is 9.93. The minimum atomic E-state index is -0.900. The number of hydrogen-bond donors (Lipinski definition) is 1. The number of nitrogen functional groups attached to an aromatic ring is 1. The third-order valence-corrected chi connectivity index (χ3v) is 3.37. The van der Waals surface area contributed by atoms with Crippen LogP contribution in [0.2, 0.25) is 0 Å². The highest BCUT2D eigenvalue weighted by Crippen LogP contribution is 2.32. The van der Waals surface area contributed by atoms with E-state index >= 15 is 0 Å². The lowest BCUT2D eigenvalue weighted by molar-refractivity contribution is 0.515. The minimum absolute atomic E-state index is 0.0585. The molecule has 0 radical (unpaired) electrons. The second kappa shape index (κ2) is 3.65. The first-order valence-electron chi connectivity index (χ1n) is 5.73. The summed E-state index contributed by atoms with van der Waals surface area (Å²) < 4.78 is 26.8. The fraction of sp³-hybridized carbons (Fsp3) is 0.308. The maximum absolute atomic E-state index is 13.7. The van der Waals surface area contributed by atoms with E-state index in [1.807, 2.05) is 0 Å². The molecule has 0 saturated heterocycles. The van der Waals surface area contributed by atoms with E-state index in [0.717, 1.165) is 43.0 Å². The average molecular weight is 234 g/mol. The van der Waals surface area contributed by atoms with Gasteiger partial charge in [0, 0.05) is 16.8 Å². The summed E-state index contributed by atoms with van der Waals surface area (Å²) in [4.78, 5) is 4.24. The molecule has 88 valence electrons. The van der Waals surface area contributed by atoms with E-state index in [1.54, 1.807) is 0 Å². The van der Waals surface area contributed by atoms with Crippen molar-refractivity contribution in [3.8, 4) is 0 Å². The third-order valence-electron chi connectivity index (χ3n) is 3.37. The van der Waals surface area contributed by atoms with Crippen LogP contribution in [0.5, 0.6) is 0 Å². The van der Waals surface area contributed by atoms with Crippen LogP contribution in [0.15, 0.2) is 12.1 Å². The highest BCUT2D eigenvalue weighted by atomic mass is 19.2. The lowest BCUT2D eigenvalue weighted by Crippen LogP contribution is -2.10. The van der Waals surface area contributed by atoms with Gasteiger partial charge in [-0.15, -0.1) is 0 Å². The van der Waals surface area contributed by atoms with Gasteiger partial charge in [-0.05, 0) is 43.4 Å². The molecule has 1 aliphatic rings. The Hall–Kier alpha value is -1.71. The monoisotopic (exact) mass is 234 g/mol. The zero-order chi connectivity index (χ0) is 12.0. The first kappa shape index (κ1) is 10.4. The van der Waals surface area contributed by atoms with Crippen LogP contribution >= 0.6 is 0 Å². The molecular formula is C13H12F2N2. The van der Waals surface area contributed by atoms with Gasteiger partial charge >= 0.3 is 0 Å². The minimum Gasteiger partial charge on any atom is -0.398 e. The Bertz CT molecular complexity index is 608. The normalized spacial score (nSPS) is 14.9. The summed E-state index contributed by atoms with van der Waals surface area (Å²) in [7, 11) is 0. The number of aryl methyl sites for hydroxylation is 1. The van der Waals surface area contributed by atoms with E-state index in [1.165, 1.54) is 6.07 Å². The smallest absolute Gasteiger partial charge is 0.185 e. The number of nitrogens with zero attached hydrogens (tertiary/aromatic N) is 1. The summed E-state index contributed by atoms with van der Waals surface area (Å²) in [5.41, 5.74) is 8.48. The molecule has 0 atom stereocenters. The summed E-state index contributed by atoms with van der Waals surface area (Å²) in [5, 5.41) is 0.518. The Labute approximate surface area is 97.5 Å². The Balaban J connectivity index is 2.40. The van der Waals surface area contributed by atoms with Gasteiger partial charge < -0.3 is 5.73 Å². The van der Waals surface area contributed by atoms with Crippen molar-refractivity contribution in [2.75, 3.05) is 5.73 Å². The van der Waals surface area contributed by atoms with Crippen LogP contribution in [0.4, 0.5) is 14.5 Å². The molecule has 2 N–H and O–H groups in total. The Morgan fingerprint density at radius 2 is 1.88 bits per heavy atom. The molecule has 2 aromatic rings. The molecule has 3 rings (SSSR count). The number of benzene rings is 1. The number of anilines is 1. The summed E-state index contributed by atoms with van der Waals surface area (Å²) >= 11 is 0. The molecule has 4 heteroatoms. The second-order valence-electron chi connectivity index (χ2n) is 4.42. The quantitative estimate of drug-likeness (QED) is 0.761. The van der Waals surface area contributed by atoms with Crippen molar-refractivity contribution < 1.29 is 8.78 Å². The van der Waals surface area contributed by atoms with Crippen LogP contribution < -0.4 is 5.73 Å². The Morgan fingerprint density at radius 1 is 1.12 bits per heavy atom. The molecule has 1 heterocycles. The molecule has 1 aromatic heterocycles. The van der Waals surface area contributed by atoms with Crippen LogP contribution in [0.25, 0.3) is 10.9 Å². The maximum atomic E-state index is 13.7. The molecule has 0 bridgehead atoms. The highest BCUT2D eigenvalue weighted by molar-refractivity contribution is 5.92. The van der Waals surface area contributed by atoms with Crippen LogP contribution in [0.1, 0.15) is 24.1 Å². The van der Waals surface area contributed by atoms with E-state index < -0.39 is 11.6 Å². The van der Waals surface area contributed by atoms with E-state index in [9.17, 15) is 8.78 Å². The fourth-order valence-electron chi connectivity index (χ4n) is 2.47. The Kier molecular flexibility index (Phi) is 2.24. The van der Waals surface area contributed by atoms with Crippen molar-refractivity contribution in [3.05, 3.63) is 35.0 Å². The van der Waals surface area contributed by atoms with E-state index in [2.05, 4.69) is 4.98 Å². The summed E-state index contributed by atoms with van der Waals surface area (Å²) in [6.07, 6.45) is 3.78. The number of hydrogen-bond acceptors (Lipinski definition) is 2. The molecule has 2 nitrogen and oxygen atoms in total. The number of halogens is 2. The van der Waals surface area contributed by atoms with Crippen molar-refractivity contribution >= 4 is 16.6 Å². The molecule has 1 aliphatic carbocycles. The Morgan fingerprint density at radius 3 is 2.71 bits per heavy atom. The third kappa shape index (κ3) is 1.47. The van der Waals surface area contributed by atoms with E-state index in [-0.39, 0.29) is 5.52 Å². The van der Waals surface area contributed by atoms with Crippen molar-refractivity contribution in [2.24, 2.45) is 0 Å². The second-order valence-corrected chi connectivity index (χ2v) is 4.42. The number of rotatable bonds is 0. The van der Waals surface area contributed by atoms with E-state index in [0.29, 0.717) is 11.1 Å². The molecule has 0 amide bonds. The standard InChI is InChI=1S/C13H12F2N2/c14-9-6-5-8-12(16)7-3-1-2-4-10(7)17-13(8)11(9)15/h5-6H,1-4H2,(H2,16,17). The van der Waals surface area contributed by atoms with Crippen molar-refractivity contribution in [1.82, 2.24) is 4.98 Å². The highest BCUT2D eigenvalue weighted by Gasteiger charge is 2.19. The molecule has 0 fully saturated rings. The summed E-state index contributed by atoms with van der Waals surface area (Å²) in [6.45, 7) is 0. The van der Waals surface area contributed by atoms with Gasteiger partial charge in [0.2, 0.25) is 0 Å². The van der Waals surface area contributed by atoms with Gasteiger partial charge in [0.05, 0.1) is 0 Å². The number of nitrogens with two attached hydrogens (primary N) is 1. The first-order valence-corrected chi connectivity index (χ1v) is 5.73.